The van der Waals surface area contributed by atoms with Gasteiger partial charge in [0.25, 0.3) is 0 Å². The summed E-state index contributed by atoms with van der Waals surface area (Å²) in [5, 5.41) is 0. The van der Waals surface area contributed by atoms with Crippen molar-refractivity contribution >= 4 is 27.8 Å². The minimum Gasteiger partial charge on any atom is -0.397 e. The number of benzene rings is 1. The Labute approximate surface area is 118 Å². The van der Waals surface area contributed by atoms with Crippen LogP contribution in [0.4, 0.5) is 5.69 Å². The number of hydrogen-bond donors (Lipinski definition) is 1. The minimum atomic E-state index is 0.00660. The highest BCUT2D eigenvalue weighted by Crippen LogP contribution is 2.22. The molecule has 1 fully saturated rings. The second-order valence-electron chi connectivity index (χ2n) is 3.84. The lowest BCUT2D eigenvalue weighted by Crippen LogP contribution is -2.16. The number of ether oxygens (including phenoxy) is 1. The van der Waals surface area contributed by atoms with Gasteiger partial charge in [0.1, 0.15) is 6.23 Å². The number of para-hydroxylation sites is 1. The number of aliphatic imine (C=N–C) groups is 1. The van der Waals surface area contributed by atoms with Crippen LogP contribution in [0.2, 0.25) is 0 Å². The standard InChI is InChI=1S/C12H15BrN2O.C2H6/c13-10-5-3-4-9(12(10)14)8-15-11-6-1-2-7-16-11;1-2/h3-5,8,11H,1-2,6-7,14H2;1-2H3/b15-8+;. The molecule has 0 spiro atoms. The molecule has 4 heteroatoms. The first-order valence-corrected chi connectivity index (χ1v) is 7.25. The van der Waals surface area contributed by atoms with E-state index >= 15 is 0 Å². The molecule has 18 heavy (non-hydrogen) atoms. The van der Waals surface area contributed by atoms with Crippen molar-refractivity contribution in [2.75, 3.05) is 12.3 Å². The predicted molar refractivity (Wildman–Crippen MR) is 81.1 cm³/mol. The van der Waals surface area contributed by atoms with Gasteiger partial charge in [-0.1, -0.05) is 26.0 Å². The van der Waals surface area contributed by atoms with Gasteiger partial charge in [0.15, 0.2) is 0 Å². The Morgan fingerprint density at radius 2 is 2.17 bits per heavy atom. The number of nitrogen functional groups attached to an aromatic ring is 1. The molecule has 1 atom stereocenters. The van der Waals surface area contributed by atoms with Gasteiger partial charge in [0.05, 0.1) is 5.69 Å². The van der Waals surface area contributed by atoms with Crippen molar-refractivity contribution < 1.29 is 4.74 Å². The molecule has 3 nitrogen and oxygen atoms in total. The molecule has 0 amide bonds. The second kappa shape index (κ2) is 8.27. The lowest BCUT2D eigenvalue weighted by atomic mass is 10.2. The summed E-state index contributed by atoms with van der Waals surface area (Å²) in [5.41, 5.74) is 7.58. The van der Waals surface area contributed by atoms with Gasteiger partial charge < -0.3 is 10.5 Å². The molecular formula is C14H21BrN2O. The van der Waals surface area contributed by atoms with Gasteiger partial charge >= 0.3 is 0 Å². The normalized spacial score (nSPS) is 19.4. The van der Waals surface area contributed by atoms with Crippen LogP contribution in [-0.2, 0) is 4.74 Å². The van der Waals surface area contributed by atoms with Crippen LogP contribution in [0, 0.1) is 0 Å². The van der Waals surface area contributed by atoms with E-state index in [1.165, 1.54) is 6.42 Å². The molecule has 1 aromatic rings. The Hall–Kier alpha value is -0.870. The highest BCUT2D eigenvalue weighted by molar-refractivity contribution is 9.10. The maximum atomic E-state index is 5.92. The monoisotopic (exact) mass is 312 g/mol. The van der Waals surface area contributed by atoms with Gasteiger partial charge in [-0.15, -0.1) is 0 Å². The van der Waals surface area contributed by atoms with Crippen LogP contribution in [0.5, 0.6) is 0 Å². The third-order valence-electron chi connectivity index (χ3n) is 2.62. The Morgan fingerprint density at radius 1 is 1.39 bits per heavy atom. The van der Waals surface area contributed by atoms with Crippen molar-refractivity contribution in [3.05, 3.63) is 28.2 Å². The summed E-state index contributed by atoms with van der Waals surface area (Å²) in [5.74, 6) is 0. The summed E-state index contributed by atoms with van der Waals surface area (Å²) in [6.07, 6.45) is 5.15. The highest BCUT2D eigenvalue weighted by Gasteiger charge is 2.11. The Kier molecular flexibility index (Phi) is 6.98. The molecule has 1 aliphatic rings. The Bertz CT molecular complexity index is 387. The molecule has 1 heterocycles. The van der Waals surface area contributed by atoms with E-state index in [0.29, 0.717) is 0 Å². The number of nitrogens with zero attached hydrogens (tertiary/aromatic N) is 1. The fourth-order valence-electron chi connectivity index (χ4n) is 1.67. The molecule has 1 saturated heterocycles. The van der Waals surface area contributed by atoms with Gasteiger partial charge in [-0.2, -0.15) is 0 Å². The number of hydrogen-bond acceptors (Lipinski definition) is 3. The van der Waals surface area contributed by atoms with Crippen LogP contribution in [-0.4, -0.2) is 19.0 Å². The number of anilines is 1. The molecule has 2 N–H and O–H groups in total. The van der Waals surface area contributed by atoms with Gasteiger partial charge in [-0.05, 0) is 41.3 Å². The number of halogens is 1. The first-order chi connectivity index (χ1) is 8.77. The van der Waals surface area contributed by atoms with Crippen molar-refractivity contribution in [1.82, 2.24) is 0 Å². The van der Waals surface area contributed by atoms with Crippen molar-refractivity contribution in [2.24, 2.45) is 4.99 Å². The van der Waals surface area contributed by atoms with E-state index in [2.05, 4.69) is 20.9 Å². The molecule has 0 bridgehead atoms. The van der Waals surface area contributed by atoms with E-state index in [1.54, 1.807) is 6.21 Å². The lowest BCUT2D eigenvalue weighted by Gasteiger charge is -2.18. The highest BCUT2D eigenvalue weighted by atomic mass is 79.9. The fourth-order valence-corrected chi connectivity index (χ4v) is 2.05. The van der Waals surface area contributed by atoms with Crippen molar-refractivity contribution in [3.63, 3.8) is 0 Å². The summed E-state index contributed by atoms with van der Waals surface area (Å²) in [6, 6.07) is 5.82. The molecule has 1 aliphatic heterocycles. The van der Waals surface area contributed by atoms with Crippen molar-refractivity contribution in [1.29, 1.82) is 0 Å². The molecular weight excluding hydrogens is 292 g/mol. The van der Waals surface area contributed by atoms with Crippen molar-refractivity contribution in [3.8, 4) is 0 Å². The van der Waals surface area contributed by atoms with Gasteiger partial charge in [0, 0.05) is 22.9 Å². The molecule has 0 radical (unpaired) electrons. The van der Waals surface area contributed by atoms with Crippen LogP contribution in [0.15, 0.2) is 27.7 Å². The average molecular weight is 313 g/mol. The summed E-state index contributed by atoms with van der Waals surface area (Å²) in [6.45, 7) is 4.82. The molecule has 0 aromatic heterocycles. The van der Waals surface area contributed by atoms with Crippen LogP contribution in [0.1, 0.15) is 38.7 Å². The smallest absolute Gasteiger partial charge is 0.148 e. The van der Waals surface area contributed by atoms with Crippen molar-refractivity contribution in [2.45, 2.75) is 39.3 Å². The molecule has 100 valence electrons. The van der Waals surface area contributed by atoms with E-state index in [1.807, 2.05) is 32.0 Å². The van der Waals surface area contributed by atoms with Gasteiger partial charge in [-0.3, -0.25) is 4.99 Å². The Morgan fingerprint density at radius 3 is 2.83 bits per heavy atom. The zero-order valence-electron chi connectivity index (χ0n) is 11.0. The van der Waals surface area contributed by atoms with E-state index in [4.69, 9.17) is 10.5 Å². The molecule has 1 unspecified atom stereocenters. The molecule has 1 aromatic carbocycles. The third kappa shape index (κ3) is 4.42. The van der Waals surface area contributed by atoms with Crippen LogP contribution in [0.25, 0.3) is 0 Å². The first kappa shape index (κ1) is 15.2. The Balaban J connectivity index is 0.000000771. The quantitative estimate of drug-likeness (QED) is 0.662. The summed E-state index contributed by atoms with van der Waals surface area (Å²) < 4.78 is 6.42. The minimum absolute atomic E-state index is 0.00660. The third-order valence-corrected chi connectivity index (χ3v) is 3.31. The SMILES string of the molecule is CC.Nc1c(Br)cccc1/C=N/C1CCCCO1. The summed E-state index contributed by atoms with van der Waals surface area (Å²) >= 11 is 3.39. The zero-order chi connectivity index (χ0) is 13.4. The van der Waals surface area contributed by atoms with Crippen LogP contribution in [0.3, 0.4) is 0 Å². The second-order valence-corrected chi connectivity index (χ2v) is 4.70. The number of rotatable bonds is 2. The van der Waals surface area contributed by atoms with Crippen LogP contribution >= 0.6 is 15.9 Å². The van der Waals surface area contributed by atoms with Gasteiger partial charge in [-0.25, -0.2) is 0 Å². The molecule has 0 saturated carbocycles. The number of nitrogens with two attached hydrogens (primary N) is 1. The topological polar surface area (TPSA) is 47.6 Å². The average Bonchev–Trinajstić information content (AvgIpc) is 2.44. The first-order valence-electron chi connectivity index (χ1n) is 6.46. The molecule has 2 rings (SSSR count). The zero-order valence-corrected chi connectivity index (χ0v) is 12.6. The van der Waals surface area contributed by atoms with E-state index in [9.17, 15) is 0 Å². The maximum Gasteiger partial charge on any atom is 0.148 e. The largest absolute Gasteiger partial charge is 0.397 e. The maximum absolute atomic E-state index is 5.92. The molecule has 0 aliphatic carbocycles. The predicted octanol–water partition coefficient (Wildman–Crippen LogP) is 4.00. The van der Waals surface area contributed by atoms with Crippen LogP contribution < -0.4 is 5.73 Å². The fraction of sp³-hybridized carbons (Fsp3) is 0.500. The summed E-state index contributed by atoms with van der Waals surface area (Å²) in [4.78, 5) is 4.41. The van der Waals surface area contributed by atoms with E-state index < -0.39 is 0 Å². The lowest BCUT2D eigenvalue weighted by molar-refractivity contribution is 0.0227. The van der Waals surface area contributed by atoms with E-state index in [-0.39, 0.29) is 6.23 Å². The summed E-state index contributed by atoms with van der Waals surface area (Å²) in [7, 11) is 0. The van der Waals surface area contributed by atoms with Gasteiger partial charge in [0.2, 0.25) is 0 Å². The van der Waals surface area contributed by atoms with E-state index in [0.717, 1.165) is 35.2 Å².